The third-order valence-corrected chi connectivity index (χ3v) is 2.51. The second-order valence-electron chi connectivity index (χ2n) is 4.29. The maximum Gasteiger partial charge on any atom is 0.226 e. The molecule has 0 aliphatic rings. The molecule has 0 radical (unpaired) electrons. The van der Waals surface area contributed by atoms with Gasteiger partial charge in [-0.05, 0) is 6.92 Å². The van der Waals surface area contributed by atoms with Gasteiger partial charge in [-0.25, -0.2) is 0 Å². The first-order valence-electron chi connectivity index (χ1n) is 5.52. The number of aromatic amines is 1. The molecule has 1 atom stereocenters. The van der Waals surface area contributed by atoms with Gasteiger partial charge in [0.25, 0.3) is 0 Å². The van der Waals surface area contributed by atoms with Crippen molar-refractivity contribution in [3.05, 3.63) is 6.20 Å². The van der Waals surface area contributed by atoms with Crippen LogP contribution >= 0.6 is 0 Å². The van der Waals surface area contributed by atoms with Crippen molar-refractivity contribution in [1.29, 1.82) is 0 Å². The van der Waals surface area contributed by atoms with E-state index in [4.69, 9.17) is 5.11 Å². The minimum Gasteiger partial charge on any atom is -0.393 e. The average molecular weight is 252 g/mol. The third kappa shape index (κ3) is 2.49. The Bertz CT molecular complexity index is 538. The topological polar surface area (TPSA) is 119 Å². The number of aliphatic hydroxyl groups excluding tert-OH is 1. The first-order valence-corrected chi connectivity index (χ1v) is 5.52. The number of nitrogens with one attached hydrogen (secondary N) is 3. The number of fused-ring (bicyclic) bond motifs is 1. The summed E-state index contributed by atoms with van der Waals surface area (Å²) in [5.41, 5.74) is -0.610. The number of aromatic nitrogens is 4. The predicted octanol–water partition coefficient (Wildman–Crippen LogP) is -0.450. The molecule has 0 spiro atoms. The fraction of sp³-hybridized carbons (Fsp3) is 0.500. The Morgan fingerprint density at radius 2 is 2.22 bits per heavy atom. The number of hydrogen-bond acceptors (Lipinski definition) is 7. The number of hydrogen-bond donors (Lipinski definition) is 5. The van der Waals surface area contributed by atoms with Gasteiger partial charge in [0.05, 0.1) is 18.2 Å². The van der Waals surface area contributed by atoms with Crippen LogP contribution < -0.4 is 10.6 Å². The van der Waals surface area contributed by atoms with E-state index in [1.807, 2.05) is 0 Å². The van der Waals surface area contributed by atoms with Crippen LogP contribution in [0.15, 0.2) is 6.20 Å². The lowest BCUT2D eigenvalue weighted by Crippen LogP contribution is -2.37. The molecule has 5 N–H and O–H groups in total. The van der Waals surface area contributed by atoms with Crippen molar-refractivity contribution >= 4 is 22.8 Å². The van der Waals surface area contributed by atoms with Crippen LogP contribution in [0.1, 0.15) is 6.92 Å². The molecule has 2 aromatic heterocycles. The van der Waals surface area contributed by atoms with Gasteiger partial charge >= 0.3 is 0 Å². The minimum absolute atomic E-state index is 0.171. The summed E-state index contributed by atoms with van der Waals surface area (Å²) in [6.45, 7) is 1.37. The summed E-state index contributed by atoms with van der Waals surface area (Å²) >= 11 is 0. The Labute approximate surface area is 103 Å². The summed E-state index contributed by atoms with van der Waals surface area (Å²) in [5, 5.41) is 31.9. The van der Waals surface area contributed by atoms with Gasteiger partial charge in [0.2, 0.25) is 5.95 Å². The minimum atomic E-state index is -1.21. The molecule has 0 aliphatic heterocycles. The highest BCUT2D eigenvalue weighted by molar-refractivity contribution is 5.86. The highest BCUT2D eigenvalue weighted by Gasteiger charge is 2.19. The molecular weight excluding hydrogens is 236 g/mol. The van der Waals surface area contributed by atoms with E-state index in [9.17, 15) is 5.11 Å². The Morgan fingerprint density at radius 1 is 1.44 bits per heavy atom. The Balaban J connectivity index is 2.28. The Morgan fingerprint density at radius 3 is 2.89 bits per heavy atom. The lowest BCUT2D eigenvalue weighted by Gasteiger charge is -2.21. The van der Waals surface area contributed by atoms with Crippen LogP contribution in [-0.2, 0) is 0 Å². The summed E-state index contributed by atoms with van der Waals surface area (Å²) in [5.74, 6) is 0.990. The van der Waals surface area contributed by atoms with Gasteiger partial charge < -0.3 is 20.8 Å². The molecule has 0 saturated heterocycles. The zero-order valence-corrected chi connectivity index (χ0v) is 10.2. The first-order chi connectivity index (χ1) is 8.55. The molecule has 98 valence electrons. The van der Waals surface area contributed by atoms with Crippen molar-refractivity contribution in [3.63, 3.8) is 0 Å². The number of aliphatic hydroxyl groups is 2. The zero-order valence-electron chi connectivity index (χ0n) is 10.2. The van der Waals surface area contributed by atoms with Crippen LogP contribution in [0.2, 0.25) is 0 Å². The third-order valence-electron chi connectivity index (χ3n) is 2.51. The number of anilines is 2. The summed E-state index contributed by atoms with van der Waals surface area (Å²) in [6, 6.07) is 0. The van der Waals surface area contributed by atoms with Gasteiger partial charge in [0.1, 0.15) is 11.4 Å². The molecule has 0 aromatic carbocycles. The molecule has 0 amide bonds. The second kappa shape index (κ2) is 4.75. The van der Waals surface area contributed by atoms with Crippen LogP contribution in [-0.4, -0.2) is 56.2 Å². The van der Waals surface area contributed by atoms with E-state index in [1.165, 1.54) is 6.92 Å². The molecule has 2 rings (SSSR count). The molecule has 0 saturated carbocycles. The lowest BCUT2D eigenvalue weighted by molar-refractivity contribution is 0.0132. The zero-order chi connectivity index (χ0) is 13.2. The van der Waals surface area contributed by atoms with Crippen molar-refractivity contribution in [1.82, 2.24) is 20.2 Å². The standard InChI is InChI=1S/C10H16N6O2/c1-10(18,5-17)4-12-7-6-3-13-16-8(6)15-9(11-2)14-7/h3,17-18H,4-5H2,1-2H3,(H3,11,12,13,14,15,16). The lowest BCUT2D eigenvalue weighted by atomic mass is 10.1. The van der Waals surface area contributed by atoms with Crippen molar-refractivity contribution in [3.8, 4) is 0 Å². The number of H-pyrrole nitrogens is 1. The first kappa shape index (κ1) is 12.5. The summed E-state index contributed by atoms with van der Waals surface area (Å²) in [7, 11) is 1.71. The summed E-state index contributed by atoms with van der Waals surface area (Å²) < 4.78 is 0. The normalized spacial score (nSPS) is 14.4. The molecule has 18 heavy (non-hydrogen) atoms. The van der Waals surface area contributed by atoms with Gasteiger partial charge in [0.15, 0.2) is 5.65 Å². The van der Waals surface area contributed by atoms with E-state index in [0.717, 1.165) is 5.39 Å². The van der Waals surface area contributed by atoms with Crippen molar-refractivity contribution in [2.45, 2.75) is 12.5 Å². The molecular formula is C10H16N6O2. The highest BCUT2D eigenvalue weighted by Crippen LogP contribution is 2.20. The van der Waals surface area contributed by atoms with Crippen LogP contribution in [0.25, 0.3) is 11.0 Å². The monoisotopic (exact) mass is 252 g/mol. The van der Waals surface area contributed by atoms with E-state index >= 15 is 0 Å². The van der Waals surface area contributed by atoms with Gasteiger partial charge in [-0.2, -0.15) is 15.1 Å². The van der Waals surface area contributed by atoms with Crippen molar-refractivity contribution in [2.75, 3.05) is 30.8 Å². The quantitative estimate of drug-likeness (QED) is 0.489. The van der Waals surface area contributed by atoms with E-state index in [2.05, 4.69) is 30.8 Å². The van der Waals surface area contributed by atoms with Gasteiger partial charge in [-0.1, -0.05) is 0 Å². The van der Waals surface area contributed by atoms with E-state index in [1.54, 1.807) is 13.2 Å². The molecule has 8 nitrogen and oxygen atoms in total. The second-order valence-corrected chi connectivity index (χ2v) is 4.29. The van der Waals surface area contributed by atoms with Crippen molar-refractivity contribution in [2.24, 2.45) is 0 Å². The molecule has 1 unspecified atom stereocenters. The van der Waals surface area contributed by atoms with E-state index < -0.39 is 5.60 Å². The van der Waals surface area contributed by atoms with Crippen LogP contribution in [0, 0.1) is 0 Å². The van der Waals surface area contributed by atoms with E-state index in [0.29, 0.717) is 17.4 Å². The molecule has 8 heteroatoms. The van der Waals surface area contributed by atoms with Crippen LogP contribution in [0.4, 0.5) is 11.8 Å². The average Bonchev–Trinajstić information content (AvgIpc) is 2.84. The molecule has 2 heterocycles. The maximum atomic E-state index is 9.74. The van der Waals surface area contributed by atoms with Gasteiger partial charge in [-0.15, -0.1) is 0 Å². The summed E-state index contributed by atoms with van der Waals surface area (Å²) in [4.78, 5) is 8.43. The molecule has 0 aliphatic carbocycles. The fourth-order valence-corrected chi connectivity index (χ4v) is 1.41. The Kier molecular flexibility index (Phi) is 3.30. The van der Waals surface area contributed by atoms with Crippen LogP contribution in [0.3, 0.4) is 0 Å². The van der Waals surface area contributed by atoms with E-state index in [-0.39, 0.29) is 13.2 Å². The largest absolute Gasteiger partial charge is 0.393 e. The number of rotatable bonds is 5. The predicted molar refractivity (Wildman–Crippen MR) is 67.4 cm³/mol. The molecule has 0 fully saturated rings. The van der Waals surface area contributed by atoms with Crippen molar-refractivity contribution < 1.29 is 10.2 Å². The Hall–Kier alpha value is -1.93. The van der Waals surface area contributed by atoms with Crippen LogP contribution in [0.5, 0.6) is 0 Å². The van der Waals surface area contributed by atoms with Gasteiger partial charge in [-0.3, -0.25) is 5.10 Å². The van der Waals surface area contributed by atoms with Gasteiger partial charge in [0, 0.05) is 13.6 Å². The maximum absolute atomic E-state index is 9.74. The smallest absolute Gasteiger partial charge is 0.226 e. The molecule has 0 bridgehead atoms. The number of nitrogens with zero attached hydrogens (tertiary/aromatic N) is 3. The highest BCUT2D eigenvalue weighted by atomic mass is 16.3. The molecule has 2 aromatic rings. The SMILES string of the molecule is CNc1nc(NCC(C)(O)CO)c2cn[nH]c2n1. The summed E-state index contributed by atoms with van der Waals surface area (Å²) in [6.07, 6.45) is 1.60. The fourth-order valence-electron chi connectivity index (χ4n) is 1.41.